The van der Waals surface area contributed by atoms with Gasteiger partial charge in [0.2, 0.25) is 0 Å². The molecule has 0 aliphatic carbocycles. The van der Waals surface area contributed by atoms with E-state index in [1.54, 1.807) is 13.2 Å². The number of nitrogens with zero attached hydrogens (tertiary/aromatic N) is 1. The summed E-state index contributed by atoms with van der Waals surface area (Å²) < 4.78 is 11.8. The molecule has 27 heavy (non-hydrogen) atoms. The molecule has 3 rings (SSSR count). The van der Waals surface area contributed by atoms with E-state index in [-0.39, 0.29) is 11.9 Å². The van der Waals surface area contributed by atoms with Gasteiger partial charge in [-0.25, -0.2) is 0 Å². The minimum Gasteiger partial charge on any atom is -0.493 e. The van der Waals surface area contributed by atoms with Crippen LogP contribution in [0.4, 0.5) is 0 Å². The average molecular weight is 432 g/mol. The molecule has 1 atom stereocenters. The second-order valence-corrected chi connectivity index (χ2v) is 7.60. The first kappa shape index (κ1) is 19.7. The van der Waals surface area contributed by atoms with E-state index in [9.17, 15) is 4.79 Å². The Morgan fingerprint density at radius 3 is 2.74 bits per heavy atom. The number of methoxy groups -OCH3 is 1. The number of amides is 1. The van der Waals surface area contributed by atoms with Gasteiger partial charge in [-0.1, -0.05) is 30.3 Å². The van der Waals surface area contributed by atoms with Crippen molar-refractivity contribution in [2.75, 3.05) is 20.3 Å². The number of benzene rings is 2. The van der Waals surface area contributed by atoms with Crippen LogP contribution in [-0.2, 0) is 6.42 Å². The van der Waals surface area contributed by atoms with Crippen LogP contribution in [0.2, 0.25) is 0 Å². The van der Waals surface area contributed by atoms with Gasteiger partial charge in [-0.2, -0.15) is 0 Å². The number of aryl methyl sites for hydroxylation is 1. The maximum Gasteiger partial charge on any atom is 0.254 e. The van der Waals surface area contributed by atoms with E-state index in [1.165, 1.54) is 5.56 Å². The maximum atomic E-state index is 13.2. The Kier molecular flexibility index (Phi) is 6.78. The van der Waals surface area contributed by atoms with Crippen molar-refractivity contribution in [2.24, 2.45) is 0 Å². The van der Waals surface area contributed by atoms with Crippen molar-refractivity contribution in [3.8, 4) is 11.5 Å². The van der Waals surface area contributed by atoms with Gasteiger partial charge in [-0.05, 0) is 66.2 Å². The van der Waals surface area contributed by atoms with E-state index in [0.717, 1.165) is 36.7 Å². The SMILES string of the molecule is CCOc1c(Br)cc(C(=O)N2CCCC2CCc2ccccc2)cc1OC. The van der Waals surface area contributed by atoms with E-state index in [1.807, 2.05) is 24.0 Å². The van der Waals surface area contributed by atoms with Crippen molar-refractivity contribution in [1.82, 2.24) is 4.90 Å². The van der Waals surface area contributed by atoms with E-state index in [0.29, 0.717) is 23.7 Å². The van der Waals surface area contributed by atoms with Crippen LogP contribution in [-0.4, -0.2) is 37.1 Å². The molecule has 1 saturated heterocycles. The Morgan fingerprint density at radius 1 is 1.26 bits per heavy atom. The van der Waals surface area contributed by atoms with Crippen LogP contribution < -0.4 is 9.47 Å². The highest BCUT2D eigenvalue weighted by Crippen LogP contribution is 2.37. The molecular formula is C22H26BrNO3. The highest BCUT2D eigenvalue weighted by molar-refractivity contribution is 9.10. The molecule has 1 unspecified atom stereocenters. The van der Waals surface area contributed by atoms with Crippen molar-refractivity contribution in [1.29, 1.82) is 0 Å². The number of ether oxygens (including phenoxy) is 2. The number of hydrogen-bond donors (Lipinski definition) is 0. The molecule has 0 saturated carbocycles. The standard InChI is InChI=1S/C22H26BrNO3/c1-3-27-21-19(23)14-17(15-20(21)26-2)22(25)24-13-7-10-18(24)12-11-16-8-5-4-6-9-16/h4-6,8-9,14-15,18H,3,7,10-13H2,1-2H3. The highest BCUT2D eigenvalue weighted by Gasteiger charge is 2.30. The Bertz CT molecular complexity index is 779. The summed E-state index contributed by atoms with van der Waals surface area (Å²) in [5.74, 6) is 1.28. The van der Waals surface area contributed by atoms with Gasteiger partial charge in [-0.3, -0.25) is 4.79 Å². The molecule has 0 radical (unpaired) electrons. The molecule has 0 aromatic heterocycles. The first-order valence-electron chi connectivity index (χ1n) is 9.49. The molecule has 1 amide bonds. The zero-order valence-corrected chi connectivity index (χ0v) is 17.5. The molecule has 0 bridgehead atoms. The van der Waals surface area contributed by atoms with Gasteiger partial charge in [0.05, 0.1) is 18.2 Å². The van der Waals surface area contributed by atoms with Crippen LogP contribution in [0.15, 0.2) is 46.9 Å². The summed E-state index contributed by atoms with van der Waals surface area (Å²) in [7, 11) is 1.59. The van der Waals surface area contributed by atoms with Crippen molar-refractivity contribution in [2.45, 2.75) is 38.6 Å². The molecule has 1 fully saturated rings. The molecule has 5 heteroatoms. The highest BCUT2D eigenvalue weighted by atomic mass is 79.9. The second-order valence-electron chi connectivity index (χ2n) is 6.74. The predicted octanol–water partition coefficient (Wildman–Crippen LogP) is 5.09. The molecule has 1 aliphatic rings. The zero-order valence-electron chi connectivity index (χ0n) is 15.9. The third-order valence-electron chi connectivity index (χ3n) is 5.01. The number of carbonyl (C=O) groups is 1. The van der Waals surface area contributed by atoms with Crippen molar-refractivity contribution >= 4 is 21.8 Å². The Labute approximate surface area is 169 Å². The zero-order chi connectivity index (χ0) is 19.2. The van der Waals surface area contributed by atoms with Gasteiger partial charge in [0.15, 0.2) is 11.5 Å². The lowest BCUT2D eigenvalue weighted by atomic mass is 10.0. The summed E-state index contributed by atoms with van der Waals surface area (Å²) in [5.41, 5.74) is 1.95. The van der Waals surface area contributed by atoms with Crippen molar-refractivity contribution < 1.29 is 14.3 Å². The Balaban J connectivity index is 1.74. The molecular weight excluding hydrogens is 406 g/mol. The normalized spacial score (nSPS) is 16.4. The smallest absolute Gasteiger partial charge is 0.254 e. The topological polar surface area (TPSA) is 38.8 Å². The minimum absolute atomic E-state index is 0.0626. The van der Waals surface area contributed by atoms with Crippen LogP contribution in [0, 0.1) is 0 Å². The van der Waals surface area contributed by atoms with Crippen LogP contribution in [0.5, 0.6) is 11.5 Å². The van der Waals surface area contributed by atoms with Crippen LogP contribution in [0.25, 0.3) is 0 Å². The van der Waals surface area contributed by atoms with Crippen LogP contribution in [0.3, 0.4) is 0 Å². The third kappa shape index (κ3) is 4.64. The van der Waals surface area contributed by atoms with Crippen molar-refractivity contribution in [3.05, 3.63) is 58.1 Å². The van der Waals surface area contributed by atoms with Gasteiger partial charge in [-0.15, -0.1) is 0 Å². The largest absolute Gasteiger partial charge is 0.493 e. The quantitative estimate of drug-likeness (QED) is 0.612. The maximum absolute atomic E-state index is 13.2. The van der Waals surface area contributed by atoms with Gasteiger partial charge < -0.3 is 14.4 Å². The molecule has 0 N–H and O–H groups in total. The summed E-state index contributed by atoms with van der Waals surface area (Å²) in [4.78, 5) is 15.2. The molecule has 2 aromatic rings. The van der Waals surface area contributed by atoms with Gasteiger partial charge >= 0.3 is 0 Å². The lowest BCUT2D eigenvalue weighted by Crippen LogP contribution is -2.35. The van der Waals surface area contributed by atoms with E-state index in [4.69, 9.17) is 9.47 Å². The fraction of sp³-hybridized carbons (Fsp3) is 0.409. The number of hydrogen-bond acceptors (Lipinski definition) is 3. The number of carbonyl (C=O) groups excluding carboxylic acids is 1. The predicted molar refractivity (Wildman–Crippen MR) is 111 cm³/mol. The lowest BCUT2D eigenvalue weighted by molar-refractivity contribution is 0.0730. The monoisotopic (exact) mass is 431 g/mol. The molecule has 144 valence electrons. The molecule has 0 spiro atoms. The molecule has 4 nitrogen and oxygen atoms in total. The molecule has 1 aliphatic heterocycles. The third-order valence-corrected chi connectivity index (χ3v) is 5.60. The van der Waals surface area contributed by atoms with Crippen LogP contribution in [0.1, 0.15) is 42.1 Å². The second kappa shape index (κ2) is 9.27. The number of likely N-dealkylation sites (tertiary alicyclic amines) is 1. The summed E-state index contributed by atoms with van der Waals surface area (Å²) in [5, 5.41) is 0. The minimum atomic E-state index is 0.0626. The fourth-order valence-corrected chi connectivity index (χ4v) is 4.23. The molecule has 2 aromatic carbocycles. The van der Waals surface area contributed by atoms with Gasteiger partial charge in [0.25, 0.3) is 5.91 Å². The van der Waals surface area contributed by atoms with E-state index >= 15 is 0 Å². The summed E-state index contributed by atoms with van der Waals surface area (Å²) in [6, 6.07) is 14.4. The van der Waals surface area contributed by atoms with E-state index in [2.05, 4.69) is 40.2 Å². The van der Waals surface area contributed by atoms with Gasteiger partial charge in [0, 0.05) is 18.2 Å². The first-order chi connectivity index (χ1) is 13.1. The fourth-order valence-electron chi connectivity index (χ4n) is 3.67. The Hall–Kier alpha value is -2.01. The summed E-state index contributed by atoms with van der Waals surface area (Å²) >= 11 is 3.52. The number of halogens is 1. The van der Waals surface area contributed by atoms with Crippen molar-refractivity contribution in [3.63, 3.8) is 0 Å². The van der Waals surface area contributed by atoms with E-state index < -0.39 is 0 Å². The van der Waals surface area contributed by atoms with Gasteiger partial charge in [0.1, 0.15) is 0 Å². The average Bonchev–Trinajstić information content (AvgIpc) is 3.16. The Morgan fingerprint density at radius 2 is 2.04 bits per heavy atom. The first-order valence-corrected chi connectivity index (χ1v) is 10.3. The lowest BCUT2D eigenvalue weighted by Gasteiger charge is -2.25. The number of rotatable bonds is 7. The van der Waals surface area contributed by atoms with Crippen LogP contribution >= 0.6 is 15.9 Å². The summed E-state index contributed by atoms with van der Waals surface area (Å²) in [6.07, 6.45) is 4.10. The molecule has 1 heterocycles. The summed E-state index contributed by atoms with van der Waals surface area (Å²) in [6.45, 7) is 3.27.